The van der Waals surface area contributed by atoms with Gasteiger partial charge in [-0.25, -0.2) is 0 Å². The van der Waals surface area contributed by atoms with Gasteiger partial charge in [-0.3, -0.25) is 9.80 Å². The first-order chi connectivity index (χ1) is 20.1. The summed E-state index contributed by atoms with van der Waals surface area (Å²) < 4.78 is 28.3. The number of rotatable bonds is 10. The van der Waals surface area contributed by atoms with E-state index in [1.165, 1.54) is 40.3 Å². The summed E-state index contributed by atoms with van der Waals surface area (Å²) in [6.07, 6.45) is 2.45. The highest BCUT2D eigenvalue weighted by Gasteiger charge is 2.31. The summed E-state index contributed by atoms with van der Waals surface area (Å²) >= 11 is 0. The van der Waals surface area contributed by atoms with Crippen molar-refractivity contribution in [2.24, 2.45) is 0 Å². The maximum absolute atomic E-state index is 5.78. The third-order valence-corrected chi connectivity index (χ3v) is 8.55. The van der Waals surface area contributed by atoms with Crippen LogP contribution >= 0.6 is 0 Å². The molecule has 7 nitrogen and oxygen atoms in total. The third kappa shape index (κ3) is 5.36. The van der Waals surface area contributed by atoms with Crippen molar-refractivity contribution < 1.29 is 23.7 Å². The highest BCUT2D eigenvalue weighted by Crippen LogP contribution is 2.51. The zero-order valence-electron chi connectivity index (χ0n) is 24.8. The van der Waals surface area contributed by atoms with E-state index in [4.69, 9.17) is 23.7 Å². The lowest BCUT2D eigenvalue weighted by atomic mass is 9.97. The molecule has 0 spiro atoms. The summed E-state index contributed by atoms with van der Waals surface area (Å²) in [6.45, 7) is 6.04. The molecule has 0 amide bonds. The number of nitrogens with zero attached hydrogens (tertiary/aromatic N) is 2. The smallest absolute Gasteiger partial charge is 0.203 e. The van der Waals surface area contributed by atoms with Gasteiger partial charge in [0, 0.05) is 50.2 Å². The fourth-order valence-corrected chi connectivity index (χ4v) is 6.32. The Labute approximate surface area is 242 Å². The molecule has 1 aliphatic carbocycles. The van der Waals surface area contributed by atoms with E-state index in [2.05, 4.69) is 52.3 Å². The second-order valence-electron chi connectivity index (χ2n) is 11.1. The highest BCUT2D eigenvalue weighted by molar-refractivity contribution is 5.94. The number of methoxy groups -OCH3 is 5. The first-order valence-corrected chi connectivity index (χ1v) is 14.4. The number of piperazine rings is 1. The van der Waals surface area contributed by atoms with Gasteiger partial charge in [-0.05, 0) is 70.3 Å². The zero-order valence-corrected chi connectivity index (χ0v) is 24.8. The molecule has 1 saturated carbocycles. The van der Waals surface area contributed by atoms with Crippen LogP contribution in [0.2, 0.25) is 0 Å². The first-order valence-electron chi connectivity index (χ1n) is 14.4. The SMILES string of the molecule is COc1cc2cc(CN3CCN(Cc4ccc5c(C6CC6)c(OC)c(OC)cc5c4)CC3)ccc2c(OC)c1OC. The van der Waals surface area contributed by atoms with Gasteiger partial charge in [0.2, 0.25) is 5.75 Å². The minimum absolute atomic E-state index is 0.580. The van der Waals surface area contributed by atoms with Gasteiger partial charge < -0.3 is 23.7 Å². The monoisotopic (exact) mass is 556 g/mol. The maximum Gasteiger partial charge on any atom is 0.203 e. The van der Waals surface area contributed by atoms with Crippen LogP contribution in [0.1, 0.15) is 35.4 Å². The maximum atomic E-state index is 5.78. The van der Waals surface area contributed by atoms with Crippen LogP contribution in [0.3, 0.4) is 0 Å². The van der Waals surface area contributed by atoms with E-state index in [1.54, 1.807) is 35.5 Å². The summed E-state index contributed by atoms with van der Waals surface area (Å²) in [6, 6.07) is 17.6. The third-order valence-electron chi connectivity index (χ3n) is 8.55. The molecule has 7 heteroatoms. The lowest BCUT2D eigenvalue weighted by molar-refractivity contribution is 0.122. The molecule has 216 valence electrons. The molecule has 41 heavy (non-hydrogen) atoms. The quantitative estimate of drug-likeness (QED) is 0.230. The Bertz CT molecular complexity index is 1560. The number of hydrogen-bond donors (Lipinski definition) is 0. The summed E-state index contributed by atoms with van der Waals surface area (Å²) in [5.74, 6) is 4.32. The topological polar surface area (TPSA) is 52.6 Å². The van der Waals surface area contributed by atoms with Gasteiger partial charge in [0.1, 0.15) is 0 Å². The second-order valence-corrected chi connectivity index (χ2v) is 11.1. The van der Waals surface area contributed by atoms with E-state index < -0.39 is 0 Å². The van der Waals surface area contributed by atoms with Crippen LogP contribution in [-0.2, 0) is 13.1 Å². The Morgan fingerprint density at radius 1 is 0.561 bits per heavy atom. The minimum atomic E-state index is 0.580. The molecule has 0 radical (unpaired) electrons. The molecule has 0 bridgehead atoms. The van der Waals surface area contributed by atoms with Gasteiger partial charge in [-0.1, -0.05) is 24.3 Å². The lowest BCUT2D eigenvalue weighted by Gasteiger charge is -2.35. The van der Waals surface area contributed by atoms with Crippen molar-refractivity contribution in [3.8, 4) is 28.7 Å². The van der Waals surface area contributed by atoms with Crippen molar-refractivity contribution in [3.63, 3.8) is 0 Å². The van der Waals surface area contributed by atoms with Gasteiger partial charge >= 0.3 is 0 Å². The molecular weight excluding hydrogens is 516 g/mol. The molecule has 0 N–H and O–H groups in total. The van der Waals surface area contributed by atoms with E-state index in [-0.39, 0.29) is 0 Å². The predicted octanol–water partition coefficient (Wildman–Crippen LogP) is 6.23. The Morgan fingerprint density at radius 3 is 1.54 bits per heavy atom. The van der Waals surface area contributed by atoms with Gasteiger partial charge in [-0.2, -0.15) is 0 Å². The van der Waals surface area contributed by atoms with Gasteiger partial charge in [-0.15, -0.1) is 0 Å². The summed E-state index contributed by atoms with van der Waals surface area (Å²) in [5, 5.41) is 4.64. The van der Waals surface area contributed by atoms with Crippen molar-refractivity contribution in [3.05, 3.63) is 65.2 Å². The van der Waals surface area contributed by atoms with E-state index in [9.17, 15) is 0 Å². The Kier molecular flexibility index (Phi) is 7.82. The molecule has 1 heterocycles. The van der Waals surface area contributed by atoms with Gasteiger partial charge in [0.25, 0.3) is 0 Å². The molecule has 6 rings (SSSR count). The highest BCUT2D eigenvalue weighted by atomic mass is 16.5. The molecule has 0 aromatic heterocycles. The molecule has 0 atom stereocenters. The molecule has 0 unspecified atom stereocenters. The van der Waals surface area contributed by atoms with Crippen LogP contribution in [-0.4, -0.2) is 71.5 Å². The summed E-state index contributed by atoms with van der Waals surface area (Å²) in [5.41, 5.74) is 3.94. The number of hydrogen-bond acceptors (Lipinski definition) is 7. The van der Waals surface area contributed by atoms with E-state index in [0.717, 1.165) is 61.5 Å². The van der Waals surface area contributed by atoms with Crippen LogP contribution in [0.25, 0.3) is 21.5 Å². The minimum Gasteiger partial charge on any atom is -0.493 e. The van der Waals surface area contributed by atoms with Crippen LogP contribution in [0.15, 0.2) is 48.5 Å². The van der Waals surface area contributed by atoms with Crippen molar-refractivity contribution in [2.75, 3.05) is 61.7 Å². The Balaban J connectivity index is 1.13. The van der Waals surface area contributed by atoms with E-state index in [1.807, 2.05) is 6.07 Å². The van der Waals surface area contributed by atoms with Gasteiger partial charge in [0.05, 0.1) is 35.5 Å². The van der Waals surface area contributed by atoms with Gasteiger partial charge in [0.15, 0.2) is 23.0 Å². The first kappa shape index (κ1) is 27.5. The number of ether oxygens (including phenoxy) is 5. The van der Waals surface area contributed by atoms with Crippen LogP contribution in [0, 0.1) is 0 Å². The molecule has 1 saturated heterocycles. The second kappa shape index (κ2) is 11.7. The summed E-state index contributed by atoms with van der Waals surface area (Å²) in [7, 11) is 8.44. The molecule has 4 aromatic rings. The molecule has 2 fully saturated rings. The molecular formula is C34H40N2O5. The normalized spacial score (nSPS) is 16.2. The van der Waals surface area contributed by atoms with Crippen molar-refractivity contribution in [1.29, 1.82) is 0 Å². The largest absolute Gasteiger partial charge is 0.493 e. The number of fused-ring (bicyclic) bond motifs is 2. The standard InChI is InChI=1S/C34H40N2O5/c1-37-29-18-25-16-22(6-10-27(25)31(24-8-9-24)33(29)40-4)20-35-12-14-36(15-13-35)21-23-7-11-28-26(17-23)19-30(38-2)34(41-5)32(28)39-3/h6-7,10-11,16-19,24H,8-9,12-15,20-21H2,1-5H3. The average molecular weight is 557 g/mol. The van der Waals surface area contributed by atoms with Crippen molar-refractivity contribution in [2.45, 2.75) is 31.8 Å². The zero-order chi connectivity index (χ0) is 28.5. The fraction of sp³-hybridized carbons (Fsp3) is 0.412. The molecule has 4 aromatic carbocycles. The fourth-order valence-electron chi connectivity index (χ4n) is 6.32. The summed E-state index contributed by atoms with van der Waals surface area (Å²) in [4.78, 5) is 5.09. The average Bonchev–Trinajstić information content (AvgIpc) is 3.85. The van der Waals surface area contributed by atoms with E-state index in [0.29, 0.717) is 23.2 Å². The van der Waals surface area contributed by atoms with Crippen molar-refractivity contribution in [1.82, 2.24) is 9.80 Å². The molecule has 1 aliphatic heterocycles. The number of benzene rings is 4. The lowest BCUT2D eigenvalue weighted by Crippen LogP contribution is -2.45. The van der Waals surface area contributed by atoms with Crippen LogP contribution in [0.5, 0.6) is 28.7 Å². The Morgan fingerprint density at radius 2 is 1.05 bits per heavy atom. The van der Waals surface area contributed by atoms with Crippen LogP contribution in [0.4, 0.5) is 0 Å². The van der Waals surface area contributed by atoms with Crippen molar-refractivity contribution >= 4 is 21.5 Å². The van der Waals surface area contributed by atoms with Crippen LogP contribution < -0.4 is 23.7 Å². The predicted molar refractivity (Wildman–Crippen MR) is 163 cm³/mol. The Hall–Kier alpha value is -3.68. The molecule has 2 aliphatic rings. The van der Waals surface area contributed by atoms with E-state index >= 15 is 0 Å².